The number of hydrogen-bond donors (Lipinski definition) is 1. The predicted octanol–water partition coefficient (Wildman–Crippen LogP) is 1.47. The van der Waals surface area contributed by atoms with Crippen molar-refractivity contribution in [2.24, 2.45) is 0 Å². The maximum absolute atomic E-state index is 9.66. The Balaban J connectivity index is 3.45. The molecule has 1 N–H and O–H groups in total. The zero-order valence-electron chi connectivity index (χ0n) is 11.0. The van der Waals surface area contributed by atoms with Gasteiger partial charge < -0.3 is 14.6 Å². The highest BCUT2D eigenvalue weighted by Gasteiger charge is 2.08. The Morgan fingerprint density at radius 1 is 1.41 bits per heavy atom. The molecule has 1 atom stereocenters. The molecular weight excluding hydrogens is 242 g/mol. The van der Waals surface area contributed by atoms with E-state index in [1.54, 1.807) is 0 Å². The van der Waals surface area contributed by atoms with E-state index in [1.165, 1.54) is 0 Å². The molecule has 0 aliphatic heterocycles. The number of ether oxygens (including phenoxy) is 2. The number of halogens is 1. The summed E-state index contributed by atoms with van der Waals surface area (Å²) in [6, 6.07) is 0. The minimum Gasteiger partial charge on any atom is -0.389 e. The second kappa shape index (κ2) is 9.85. The molecule has 102 valence electrons. The van der Waals surface area contributed by atoms with Crippen LogP contribution in [0.25, 0.3) is 0 Å². The number of aliphatic hydroxyl groups excluding tert-OH is 1. The van der Waals surface area contributed by atoms with Gasteiger partial charge in [0, 0.05) is 18.1 Å². The summed E-state index contributed by atoms with van der Waals surface area (Å²) in [5.74, 6) is 0. The third kappa shape index (κ3) is 12.1. The Morgan fingerprint density at radius 2 is 2.06 bits per heavy atom. The van der Waals surface area contributed by atoms with Crippen LogP contribution >= 0.6 is 11.6 Å². The molecule has 0 aromatic carbocycles. The molecule has 0 radical (unpaired) electrons. The van der Waals surface area contributed by atoms with E-state index in [-0.39, 0.29) is 6.10 Å². The highest BCUT2D eigenvalue weighted by atomic mass is 35.5. The van der Waals surface area contributed by atoms with Gasteiger partial charge in [0.15, 0.2) is 0 Å². The molecule has 17 heavy (non-hydrogen) atoms. The first-order chi connectivity index (χ1) is 7.91. The summed E-state index contributed by atoms with van der Waals surface area (Å²) in [6.07, 6.45) is -0.306. The number of rotatable bonds is 10. The van der Waals surface area contributed by atoms with E-state index in [0.29, 0.717) is 37.9 Å². The molecule has 0 rings (SSSR count). The van der Waals surface area contributed by atoms with Gasteiger partial charge in [0.2, 0.25) is 0 Å². The van der Waals surface area contributed by atoms with Crippen LogP contribution in [0, 0.1) is 0 Å². The molecule has 0 bridgehead atoms. The third-order valence-corrected chi connectivity index (χ3v) is 2.07. The van der Waals surface area contributed by atoms with E-state index < -0.39 is 6.10 Å². The van der Waals surface area contributed by atoms with Gasteiger partial charge in [0.1, 0.15) is 0 Å². The Hall–Kier alpha value is -0.130. The molecule has 0 aliphatic carbocycles. The Kier molecular flexibility index (Phi) is 9.78. The number of hydrogen-bond acceptors (Lipinski definition) is 4. The second-order valence-corrected chi connectivity index (χ2v) is 4.90. The van der Waals surface area contributed by atoms with Crippen LogP contribution in [0.5, 0.6) is 0 Å². The van der Waals surface area contributed by atoms with Crippen molar-refractivity contribution in [1.82, 2.24) is 4.90 Å². The second-order valence-electron chi connectivity index (χ2n) is 4.36. The lowest BCUT2D eigenvalue weighted by Gasteiger charge is -2.20. The molecule has 0 amide bonds. The molecular formula is C12H24ClNO3. The van der Waals surface area contributed by atoms with E-state index >= 15 is 0 Å². The smallest absolute Gasteiger partial charge is 0.0900 e. The van der Waals surface area contributed by atoms with E-state index in [1.807, 2.05) is 25.8 Å². The summed E-state index contributed by atoms with van der Waals surface area (Å²) in [4.78, 5) is 1.90. The fraction of sp³-hybridized carbons (Fsp3) is 0.833. The van der Waals surface area contributed by atoms with Crippen molar-refractivity contribution in [3.63, 3.8) is 0 Å². The maximum Gasteiger partial charge on any atom is 0.0900 e. The Labute approximate surface area is 109 Å². The molecule has 0 spiro atoms. The number of aliphatic hydroxyl groups is 1. The van der Waals surface area contributed by atoms with Gasteiger partial charge in [0.25, 0.3) is 0 Å². The van der Waals surface area contributed by atoms with Crippen LogP contribution < -0.4 is 0 Å². The first-order valence-corrected chi connectivity index (χ1v) is 6.18. The fourth-order valence-electron chi connectivity index (χ4n) is 1.33. The van der Waals surface area contributed by atoms with E-state index in [9.17, 15) is 5.11 Å². The zero-order valence-corrected chi connectivity index (χ0v) is 11.7. The van der Waals surface area contributed by atoms with Crippen LogP contribution in [0.2, 0.25) is 0 Å². The average molecular weight is 266 g/mol. The van der Waals surface area contributed by atoms with Crippen molar-refractivity contribution >= 4 is 11.6 Å². The fourth-order valence-corrected chi connectivity index (χ4v) is 1.54. The van der Waals surface area contributed by atoms with Crippen LogP contribution in [-0.2, 0) is 9.47 Å². The van der Waals surface area contributed by atoms with Gasteiger partial charge in [-0.05, 0) is 20.9 Å². The summed E-state index contributed by atoms with van der Waals surface area (Å²) in [7, 11) is 1.87. The van der Waals surface area contributed by atoms with Crippen molar-refractivity contribution in [2.45, 2.75) is 26.1 Å². The first kappa shape index (κ1) is 16.9. The monoisotopic (exact) mass is 265 g/mol. The third-order valence-electron chi connectivity index (χ3n) is 1.95. The molecule has 0 saturated heterocycles. The van der Waals surface area contributed by atoms with E-state index in [4.69, 9.17) is 21.1 Å². The summed E-state index contributed by atoms with van der Waals surface area (Å²) >= 11 is 5.67. The molecule has 4 nitrogen and oxygen atoms in total. The largest absolute Gasteiger partial charge is 0.389 e. The van der Waals surface area contributed by atoms with Gasteiger partial charge in [-0.15, -0.1) is 0 Å². The lowest BCUT2D eigenvalue weighted by Crippen LogP contribution is -2.33. The number of nitrogens with zero attached hydrogens (tertiary/aromatic N) is 1. The summed E-state index contributed by atoms with van der Waals surface area (Å²) < 4.78 is 10.6. The van der Waals surface area contributed by atoms with E-state index in [2.05, 4.69) is 6.58 Å². The van der Waals surface area contributed by atoms with Crippen LogP contribution in [0.3, 0.4) is 0 Å². The van der Waals surface area contributed by atoms with Crippen LogP contribution in [0.1, 0.15) is 13.8 Å². The maximum atomic E-state index is 9.66. The molecule has 0 aromatic rings. The van der Waals surface area contributed by atoms with Crippen molar-refractivity contribution in [3.05, 3.63) is 11.6 Å². The molecule has 5 heteroatoms. The Morgan fingerprint density at radius 3 is 2.59 bits per heavy atom. The van der Waals surface area contributed by atoms with Crippen molar-refractivity contribution < 1.29 is 14.6 Å². The topological polar surface area (TPSA) is 41.9 Å². The highest BCUT2D eigenvalue weighted by Crippen LogP contribution is 2.00. The minimum atomic E-state index is -0.518. The van der Waals surface area contributed by atoms with Gasteiger partial charge in [-0.2, -0.15) is 0 Å². The minimum absolute atomic E-state index is 0.212. The van der Waals surface area contributed by atoms with Gasteiger partial charge in [0.05, 0.1) is 32.0 Å². The van der Waals surface area contributed by atoms with Gasteiger partial charge >= 0.3 is 0 Å². The summed E-state index contributed by atoms with van der Waals surface area (Å²) in [5.41, 5.74) is 0. The van der Waals surface area contributed by atoms with Gasteiger partial charge in [-0.1, -0.05) is 18.2 Å². The predicted molar refractivity (Wildman–Crippen MR) is 70.4 cm³/mol. The SMILES string of the molecule is C=C(Cl)CN(C)C[C@@H](O)COCCOC(C)C. The van der Waals surface area contributed by atoms with E-state index in [0.717, 1.165) is 0 Å². The molecule has 0 unspecified atom stereocenters. The zero-order chi connectivity index (χ0) is 13.3. The standard InChI is InChI=1S/C12H24ClNO3/c1-10(2)17-6-5-16-9-12(15)8-14(4)7-11(3)13/h10,12,15H,3,5-9H2,1-2,4H3/t12-/m1/s1. The van der Waals surface area contributed by atoms with Crippen LogP contribution in [0.15, 0.2) is 11.6 Å². The summed E-state index contributed by atoms with van der Waals surface area (Å²) in [5, 5.41) is 10.2. The van der Waals surface area contributed by atoms with Gasteiger partial charge in [-0.25, -0.2) is 0 Å². The highest BCUT2D eigenvalue weighted by molar-refractivity contribution is 6.29. The van der Waals surface area contributed by atoms with Crippen molar-refractivity contribution in [2.75, 3.05) is 40.0 Å². The molecule has 0 saturated carbocycles. The average Bonchev–Trinajstić information content (AvgIpc) is 2.14. The van der Waals surface area contributed by atoms with Crippen LogP contribution in [-0.4, -0.2) is 62.2 Å². The molecule has 0 aliphatic rings. The van der Waals surface area contributed by atoms with Crippen LogP contribution in [0.4, 0.5) is 0 Å². The quantitative estimate of drug-likeness (QED) is 0.608. The lowest BCUT2D eigenvalue weighted by molar-refractivity contribution is -0.0163. The normalized spacial score (nSPS) is 13.4. The molecule has 0 fully saturated rings. The molecule has 0 heterocycles. The molecule has 0 aromatic heterocycles. The first-order valence-electron chi connectivity index (χ1n) is 5.81. The number of likely N-dealkylation sites (N-methyl/N-ethyl adjacent to an activating group) is 1. The van der Waals surface area contributed by atoms with Crippen molar-refractivity contribution in [1.29, 1.82) is 0 Å². The lowest BCUT2D eigenvalue weighted by atomic mass is 10.3. The Bertz CT molecular complexity index is 212. The van der Waals surface area contributed by atoms with Crippen molar-refractivity contribution in [3.8, 4) is 0 Å². The summed E-state index contributed by atoms with van der Waals surface area (Å²) in [6.45, 7) is 9.99. The van der Waals surface area contributed by atoms with Gasteiger partial charge in [-0.3, -0.25) is 4.90 Å².